The summed E-state index contributed by atoms with van der Waals surface area (Å²) in [6.45, 7) is 8.59. The largest absolute Gasteiger partial charge is 0.493 e. The van der Waals surface area contributed by atoms with Crippen LogP contribution in [0.5, 0.6) is 11.5 Å². The van der Waals surface area contributed by atoms with E-state index in [4.69, 9.17) is 9.47 Å². The quantitative estimate of drug-likeness (QED) is 0.806. The number of para-hydroxylation sites is 2. The first kappa shape index (κ1) is 16.6. The van der Waals surface area contributed by atoms with Crippen molar-refractivity contribution in [3.63, 3.8) is 0 Å². The van der Waals surface area contributed by atoms with Crippen molar-refractivity contribution in [2.45, 2.75) is 26.4 Å². The molecule has 0 spiro atoms. The second-order valence-corrected chi connectivity index (χ2v) is 5.43. The molecule has 1 aromatic rings. The SMILES string of the molecule is CC[C@H](Oc1ccccc1OC)C(=O)N1CCN(CC)CC1. The van der Waals surface area contributed by atoms with Gasteiger partial charge in [-0.3, -0.25) is 4.79 Å². The van der Waals surface area contributed by atoms with E-state index in [1.807, 2.05) is 36.1 Å². The first-order chi connectivity index (χ1) is 10.7. The number of piperazine rings is 1. The number of nitrogens with zero attached hydrogens (tertiary/aromatic N) is 2. The molecule has 0 N–H and O–H groups in total. The van der Waals surface area contributed by atoms with Gasteiger partial charge in [-0.25, -0.2) is 0 Å². The van der Waals surface area contributed by atoms with Crippen LogP contribution in [-0.4, -0.2) is 61.6 Å². The Labute approximate surface area is 132 Å². The molecule has 0 aromatic heterocycles. The molecule has 1 saturated heterocycles. The Balaban J connectivity index is 2.00. The van der Waals surface area contributed by atoms with Crippen molar-refractivity contribution < 1.29 is 14.3 Å². The molecule has 1 aliphatic heterocycles. The van der Waals surface area contributed by atoms with Crippen LogP contribution in [0.2, 0.25) is 0 Å². The second-order valence-electron chi connectivity index (χ2n) is 5.43. The average molecular weight is 306 g/mol. The Morgan fingerprint density at radius 3 is 2.32 bits per heavy atom. The molecule has 2 rings (SSSR count). The maximum Gasteiger partial charge on any atom is 0.263 e. The van der Waals surface area contributed by atoms with Crippen LogP contribution >= 0.6 is 0 Å². The molecule has 5 heteroatoms. The van der Waals surface area contributed by atoms with Gasteiger partial charge < -0.3 is 19.3 Å². The summed E-state index contributed by atoms with van der Waals surface area (Å²) in [4.78, 5) is 16.9. The third-order valence-corrected chi connectivity index (χ3v) is 4.12. The Kier molecular flexibility index (Phi) is 6.07. The minimum Gasteiger partial charge on any atom is -0.493 e. The fourth-order valence-corrected chi connectivity index (χ4v) is 2.67. The molecule has 0 unspecified atom stereocenters. The van der Waals surface area contributed by atoms with Crippen molar-refractivity contribution in [3.8, 4) is 11.5 Å². The lowest BCUT2D eigenvalue weighted by Gasteiger charge is -2.35. The molecule has 0 radical (unpaired) electrons. The molecule has 0 saturated carbocycles. The number of benzene rings is 1. The molecule has 0 bridgehead atoms. The minimum absolute atomic E-state index is 0.0733. The van der Waals surface area contributed by atoms with Crippen molar-refractivity contribution in [2.75, 3.05) is 39.8 Å². The maximum atomic E-state index is 12.7. The molecular weight excluding hydrogens is 280 g/mol. The zero-order chi connectivity index (χ0) is 15.9. The molecule has 122 valence electrons. The van der Waals surface area contributed by atoms with Crippen molar-refractivity contribution in [1.82, 2.24) is 9.80 Å². The molecule has 1 amide bonds. The highest BCUT2D eigenvalue weighted by Crippen LogP contribution is 2.27. The van der Waals surface area contributed by atoms with E-state index in [9.17, 15) is 4.79 Å². The third-order valence-electron chi connectivity index (χ3n) is 4.12. The van der Waals surface area contributed by atoms with Crippen LogP contribution in [-0.2, 0) is 4.79 Å². The van der Waals surface area contributed by atoms with Gasteiger partial charge in [-0.15, -0.1) is 0 Å². The summed E-state index contributed by atoms with van der Waals surface area (Å²) in [7, 11) is 1.61. The van der Waals surface area contributed by atoms with Gasteiger partial charge in [0.2, 0.25) is 0 Å². The predicted octanol–water partition coefficient (Wildman–Crippen LogP) is 2.02. The van der Waals surface area contributed by atoms with Crippen molar-refractivity contribution in [2.24, 2.45) is 0 Å². The number of rotatable bonds is 6. The average Bonchev–Trinajstić information content (AvgIpc) is 2.59. The van der Waals surface area contributed by atoms with Crippen molar-refractivity contribution in [3.05, 3.63) is 24.3 Å². The zero-order valence-electron chi connectivity index (χ0n) is 13.7. The minimum atomic E-state index is -0.454. The summed E-state index contributed by atoms with van der Waals surface area (Å²) in [6, 6.07) is 7.45. The molecule has 5 nitrogen and oxygen atoms in total. The van der Waals surface area contributed by atoms with Gasteiger partial charge in [0.25, 0.3) is 5.91 Å². The molecule has 0 aliphatic carbocycles. The first-order valence-corrected chi connectivity index (χ1v) is 8.00. The van der Waals surface area contributed by atoms with E-state index in [1.165, 1.54) is 0 Å². The number of amides is 1. The van der Waals surface area contributed by atoms with Gasteiger partial charge in [0.15, 0.2) is 17.6 Å². The second kappa shape index (κ2) is 8.03. The number of ether oxygens (including phenoxy) is 2. The summed E-state index contributed by atoms with van der Waals surface area (Å²) < 4.78 is 11.2. The number of hydrogen-bond donors (Lipinski definition) is 0. The predicted molar refractivity (Wildman–Crippen MR) is 86.4 cm³/mol. The molecule has 1 fully saturated rings. The topological polar surface area (TPSA) is 42.0 Å². The number of carbonyl (C=O) groups excluding carboxylic acids is 1. The molecule has 22 heavy (non-hydrogen) atoms. The van der Waals surface area contributed by atoms with E-state index in [1.54, 1.807) is 7.11 Å². The summed E-state index contributed by atoms with van der Waals surface area (Å²) >= 11 is 0. The standard InChI is InChI=1S/C17H26N2O3/c1-4-14(22-16-9-7-6-8-15(16)21-3)17(20)19-12-10-18(5-2)11-13-19/h6-9,14H,4-5,10-13H2,1-3H3/t14-/m0/s1. The van der Waals surface area contributed by atoms with Gasteiger partial charge in [-0.2, -0.15) is 0 Å². The number of methoxy groups -OCH3 is 1. The molecular formula is C17H26N2O3. The molecule has 1 heterocycles. The van der Waals surface area contributed by atoms with E-state index in [0.717, 1.165) is 32.7 Å². The highest BCUT2D eigenvalue weighted by atomic mass is 16.5. The Morgan fingerprint density at radius 1 is 1.14 bits per heavy atom. The Hall–Kier alpha value is -1.75. The van der Waals surface area contributed by atoms with Crippen molar-refractivity contribution >= 4 is 5.91 Å². The fourth-order valence-electron chi connectivity index (χ4n) is 2.67. The zero-order valence-corrected chi connectivity index (χ0v) is 13.7. The van der Waals surface area contributed by atoms with Crippen LogP contribution in [0.25, 0.3) is 0 Å². The van der Waals surface area contributed by atoms with Crippen LogP contribution < -0.4 is 9.47 Å². The lowest BCUT2D eigenvalue weighted by Crippen LogP contribution is -2.52. The monoisotopic (exact) mass is 306 g/mol. The van der Waals surface area contributed by atoms with Crippen LogP contribution in [0.1, 0.15) is 20.3 Å². The Morgan fingerprint density at radius 2 is 1.77 bits per heavy atom. The van der Waals surface area contributed by atoms with Gasteiger partial charge in [-0.05, 0) is 25.1 Å². The van der Waals surface area contributed by atoms with Crippen LogP contribution in [0.4, 0.5) is 0 Å². The lowest BCUT2D eigenvalue weighted by atomic mass is 10.2. The van der Waals surface area contributed by atoms with E-state index >= 15 is 0 Å². The summed E-state index contributed by atoms with van der Waals surface area (Å²) in [5.41, 5.74) is 0. The van der Waals surface area contributed by atoms with Gasteiger partial charge >= 0.3 is 0 Å². The maximum absolute atomic E-state index is 12.7. The van der Waals surface area contributed by atoms with E-state index < -0.39 is 6.10 Å². The molecule has 1 aromatic carbocycles. The van der Waals surface area contributed by atoms with Crippen LogP contribution in [0.3, 0.4) is 0 Å². The normalized spacial score (nSPS) is 17.1. The molecule has 1 aliphatic rings. The number of hydrogen-bond acceptors (Lipinski definition) is 4. The van der Waals surface area contributed by atoms with E-state index in [-0.39, 0.29) is 5.91 Å². The van der Waals surface area contributed by atoms with E-state index in [0.29, 0.717) is 17.9 Å². The van der Waals surface area contributed by atoms with Gasteiger partial charge in [0.05, 0.1) is 7.11 Å². The lowest BCUT2D eigenvalue weighted by molar-refractivity contribution is -0.140. The van der Waals surface area contributed by atoms with Gasteiger partial charge in [0, 0.05) is 26.2 Å². The fraction of sp³-hybridized carbons (Fsp3) is 0.588. The summed E-state index contributed by atoms with van der Waals surface area (Å²) in [6.07, 6.45) is 0.190. The highest BCUT2D eigenvalue weighted by molar-refractivity contribution is 5.81. The Bertz CT molecular complexity index is 485. The highest BCUT2D eigenvalue weighted by Gasteiger charge is 2.28. The third kappa shape index (κ3) is 3.91. The molecule has 1 atom stereocenters. The van der Waals surface area contributed by atoms with E-state index in [2.05, 4.69) is 11.8 Å². The first-order valence-electron chi connectivity index (χ1n) is 8.00. The number of likely N-dealkylation sites (N-methyl/N-ethyl adjacent to an activating group) is 1. The van der Waals surface area contributed by atoms with Gasteiger partial charge in [-0.1, -0.05) is 26.0 Å². The van der Waals surface area contributed by atoms with Crippen LogP contribution in [0, 0.1) is 0 Å². The smallest absolute Gasteiger partial charge is 0.263 e. The summed E-state index contributed by atoms with van der Waals surface area (Å²) in [5, 5.41) is 0. The van der Waals surface area contributed by atoms with Gasteiger partial charge in [0.1, 0.15) is 0 Å². The van der Waals surface area contributed by atoms with Crippen molar-refractivity contribution in [1.29, 1.82) is 0 Å². The summed E-state index contributed by atoms with van der Waals surface area (Å²) in [5.74, 6) is 1.35. The van der Waals surface area contributed by atoms with Crippen LogP contribution in [0.15, 0.2) is 24.3 Å². The number of carbonyl (C=O) groups is 1.